The molecule has 0 saturated heterocycles. The maximum Gasteiger partial charge on any atom is 0.238 e. The summed E-state index contributed by atoms with van der Waals surface area (Å²) in [6.45, 7) is 4.23. The molecule has 0 aromatic heterocycles. The number of nitrogens with one attached hydrogen (secondary N) is 1. The molecule has 0 unspecified atom stereocenters. The summed E-state index contributed by atoms with van der Waals surface area (Å²) in [5.41, 5.74) is 6.72. The fraction of sp³-hybridized carbons (Fsp3) is 0.462. The summed E-state index contributed by atoms with van der Waals surface area (Å²) in [7, 11) is 1.86. The third kappa shape index (κ3) is 5.92. The standard InChI is InChI=1S/C13H20ClN3O2/c1-3-19-7-6-17(2)9-13(18)16-12-5-4-10(15)8-11(12)14/h4-5,8H,3,6-7,9,15H2,1-2H3,(H,16,18). The lowest BCUT2D eigenvalue weighted by Gasteiger charge is -2.16. The van der Waals surface area contributed by atoms with Gasteiger partial charge >= 0.3 is 0 Å². The number of nitrogens with zero attached hydrogens (tertiary/aromatic N) is 1. The zero-order valence-electron chi connectivity index (χ0n) is 11.3. The number of benzene rings is 1. The van der Waals surface area contributed by atoms with Gasteiger partial charge in [0.25, 0.3) is 0 Å². The number of carbonyl (C=O) groups is 1. The van der Waals surface area contributed by atoms with Gasteiger partial charge in [-0.25, -0.2) is 0 Å². The van der Waals surface area contributed by atoms with Crippen molar-refractivity contribution >= 4 is 28.9 Å². The van der Waals surface area contributed by atoms with E-state index in [-0.39, 0.29) is 12.5 Å². The van der Waals surface area contributed by atoms with Gasteiger partial charge in [0.15, 0.2) is 0 Å². The van der Waals surface area contributed by atoms with E-state index in [1.165, 1.54) is 0 Å². The molecule has 1 aromatic rings. The molecule has 0 aliphatic rings. The monoisotopic (exact) mass is 285 g/mol. The van der Waals surface area contributed by atoms with Crippen LogP contribution in [-0.2, 0) is 9.53 Å². The minimum atomic E-state index is -0.120. The molecule has 3 N–H and O–H groups in total. The number of anilines is 2. The van der Waals surface area contributed by atoms with Gasteiger partial charge < -0.3 is 15.8 Å². The topological polar surface area (TPSA) is 67.6 Å². The number of likely N-dealkylation sites (N-methyl/N-ethyl adjacent to an activating group) is 1. The van der Waals surface area contributed by atoms with Crippen LogP contribution in [0.25, 0.3) is 0 Å². The van der Waals surface area contributed by atoms with Gasteiger partial charge in [-0.1, -0.05) is 11.6 Å². The molecular formula is C13H20ClN3O2. The number of halogens is 1. The molecule has 5 nitrogen and oxygen atoms in total. The molecule has 0 aliphatic heterocycles. The molecule has 0 fully saturated rings. The summed E-state index contributed by atoms with van der Waals surface area (Å²) < 4.78 is 5.23. The fourth-order valence-electron chi connectivity index (χ4n) is 1.51. The van der Waals surface area contributed by atoms with Crippen molar-refractivity contribution < 1.29 is 9.53 Å². The normalized spacial score (nSPS) is 10.7. The van der Waals surface area contributed by atoms with E-state index in [0.717, 1.165) is 0 Å². The molecular weight excluding hydrogens is 266 g/mol. The first-order valence-corrected chi connectivity index (χ1v) is 6.52. The SMILES string of the molecule is CCOCCN(C)CC(=O)Nc1ccc(N)cc1Cl. The number of hydrogen-bond acceptors (Lipinski definition) is 4. The third-order valence-corrected chi connectivity index (χ3v) is 2.81. The van der Waals surface area contributed by atoms with Gasteiger partial charge in [-0.05, 0) is 32.2 Å². The van der Waals surface area contributed by atoms with E-state index in [1.54, 1.807) is 18.2 Å². The van der Waals surface area contributed by atoms with Gasteiger partial charge in [-0.2, -0.15) is 0 Å². The molecule has 1 aromatic carbocycles. The molecule has 0 spiro atoms. The van der Waals surface area contributed by atoms with Crippen LogP contribution in [0.3, 0.4) is 0 Å². The van der Waals surface area contributed by atoms with Crippen molar-refractivity contribution in [1.82, 2.24) is 4.90 Å². The highest BCUT2D eigenvalue weighted by Gasteiger charge is 2.09. The number of nitrogens with two attached hydrogens (primary N) is 1. The number of nitrogen functional groups attached to an aromatic ring is 1. The molecule has 19 heavy (non-hydrogen) atoms. The van der Waals surface area contributed by atoms with E-state index in [4.69, 9.17) is 22.1 Å². The first kappa shape index (κ1) is 15.8. The molecule has 0 aliphatic carbocycles. The summed E-state index contributed by atoms with van der Waals surface area (Å²) >= 11 is 5.98. The zero-order valence-corrected chi connectivity index (χ0v) is 12.0. The molecule has 0 radical (unpaired) electrons. The van der Waals surface area contributed by atoms with Gasteiger partial charge in [0, 0.05) is 18.8 Å². The van der Waals surface area contributed by atoms with Crippen LogP contribution in [0, 0.1) is 0 Å². The molecule has 1 amide bonds. The van der Waals surface area contributed by atoms with E-state index < -0.39 is 0 Å². The molecule has 106 valence electrons. The average molecular weight is 286 g/mol. The molecule has 1 rings (SSSR count). The Balaban J connectivity index is 2.42. The number of ether oxygens (including phenoxy) is 1. The maximum absolute atomic E-state index is 11.8. The zero-order chi connectivity index (χ0) is 14.3. The van der Waals surface area contributed by atoms with Crippen molar-refractivity contribution in [3.8, 4) is 0 Å². The van der Waals surface area contributed by atoms with E-state index in [0.29, 0.717) is 36.2 Å². The third-order valence-electron chi connectivity index (χ3n) is 2.50. The largest absolute Gasteiger partial charge is 0.399 e. The molecule has 0 bridgehead atoms. The second kappa shape index (κ2) is 7.99. The summed E-state index contributed by atoms with van der Waals surface area (Å²) in [6, 6.07) is 4.99. The minimum Gasteiger partial charge on any atom is -0.399 e. The van der Waals surface area contributed by atoms with Crippen LogP contribution in [0.15, 0.2) is 18.2 Å². The van der Waals surface area contributed by atoms with Crippen LogP contribution in [0.1, 0.15) is 6.92 Å². The maximum atomic E-state index is 11.8. The highest BCUT2D eigenvalue weighted by molar-refractivity contribution is 6.34. The van der Waals surface area contributed by atoms with Gasteiger partial charge in [0.1, 0.15) is 0 Å². The minimum absolute atomic E-state index is 0.120. The second-order valence-electron chi connectivity index (χ2n) is 4.22. The molecule has 6 heteroatoms. The van der Waals surface area contributed by atoms with Crippen LogP contribution in [0.2, 0.25) is 5.02 Å². The van der Waals surface area contributed by atoms with E-state index in [2.05, 4.69) is 5.32 Å². The quantitative estimate of drug-likeness (QED) is 0.592. The van der Waals surface area contributed by atoms with E-state index in [1.807, 2.05) is 18.9 Å². The number of hydrogen-bond donors (Lipinski definition) is 2. The molecule has 0 heterocycles. The summed E-state index contributed by atoms with van der Waals surface area (Å²) in [6.07, 6.45) is 0. The summed E-state index contributed by atoms with van der Waals surface area (Å²) in [5.74, 6) is -0.120. The lowest BCUT2D eigenvalue weighted by molar-refractivity contribution is -0.117. The van der Waals surface area contributed by atoms with E-state index >= 15 is 0 Å². The van der Waals surface area contributed by atoms with Gasteiger partial charge in [-0.3, -0.25) is 9.69 Å². The highest BCUT2D eigenvalue weighted by atomic mass is 35.5. The Kier molecular flexibility index (Phi) is 6.62. The van der Waals surface area contributed by atoms with Gasteiger partial charge in [0.05, 0.1) is 23.9 Å². The van der Waals surface area contributed by atoms with Crippen LogP contribution < -0.4 is 11.1 Å². The molecule has 0 saturated carbocycles. The Labute approximate surface area is 118 Å². The average Bonchev–Trinajstić information content (AvgIpc) is 2.33. The summed E-state index contributed by atoms with van der Waals surface area (Å²) in [5, 5.41) is 3.19. The lowest BCUT2D eigenvalue weighted by Crippen LogP contribution is -2.32. The van der Waals surface area contributed by atoms with Crippen molar-refractivity contribution in [2.24, 2.45) is 0 Å². The van der Waals surface area contributed by atoms with Crippen molar-refractivity contribution in [3.63, 3.8) is 0 Å². The van der Waals surface area contributed by atoms with Gasteiger partial charge in [-0.15, -0.1) is 0 Å². The smallest absolute Gasteiger partial charge is 0.238 e. The lowest BCUT2D eigenvalue weighted by atomic mass is 10.3. The van der Waals surface area contributed by atoms with Crippen LogP contribution in [0.4, 0.5) is 11.4 Å². The van der Waals surface area contributed by atoms with Gasteiger partial charge in [0.2, 0.25) is 5.91 Å². The summed E-state index contributed by atoms with van der Waals surface area (Å²) in [4.78, 5) is 13.7. The number of amides is 1. The van der Waals surface area contributed by atoms with Crippen LogP contribution in [0.5, 0.6) is 0 Å². The Morgan fingerprint density at radius 2 is 2.26 bits per heavy atom. The van der Waals surface area contributed by atoms with Crippen LogP contribution >= 0.6 is 11.6 Å². The van der Waals surface area contributed by atoms with Crippen molar-refractivity contribution in [1.29, 1.82) is 0 Å². The predicted octanol–water partition coefficient (Wildman–Crippen LogP) is 1.83. The Morgan fingerprint density at radius 1 is 1.53 bits per heavy atom. The second-order valence-corrected chi connectivity index (χ2v) is 4.63. The first-order chi connectivity index (χ1) is 9.02. The number of rotatable bonds is 7. The fourth-order valence-corrected chi connectivity index (χ4v) is 1.75. The van der Waals surface area contributed by atoms with Crippen molar-refractivity contribution in [2.75, 3.05) is 44.4 Å². The number of carbonyl (C=O) groups excluding carboxylic acids is 1. The predicted molar refractivity (Wildman–Crippen MR) is 78.5 cm³/mol. The van der Waals surface area contributed by atoms with Crippen LogP contribution in [-0.4, -0.2) is 44.2 Å². The van der Waals surface area contributed by atoms with E-state index in [9.17, 15) is 4.79 Å². The van der Waals surface area contributed by atoms with Crippen molar-refractivity contribution in [3.05, 3.63) is 23.2 Å². The van der Waals surface area contributed by atoms with Crippen molar-refractivity contribution in [2.45, 2.75) is 6.92 Å². The Hall–Kier alpha value is -1.30. The highest BCUT2D eigenvalue weighted by Crippen LogP contribution is 2.23. The molecule has 0 atom stereocenters. The first-order valence-electron chi connectivity index (χ1n) is 6.14. The Morgan fingerprint density at radius 3 is 2.89 bits per heavy atom. The Bertz CT molecular complexity index is 426.